The Kier molecular flexibility index (Phi) is 2.31. The topological polar surface area (TPSA) is 32.3 Å². The Morgan fingerprint density at radius 2 is 1.94 bits per heavy atom. The molecule has 1 amide bonds. The number of fused-ring (bicyclic) bond motifs is 1. The smallest absolute Gasteiger partial charge is 0.224 e. The third kappa shape index (κ3) is 1.56. The van der Waals surface area contributed by atoms with E-state index in [2.05, 4.69) is 28.4 Å². The zero-order valence-electron chi connectivity index (χ0n) is 9.33. The molecule has 1 saturated heterocycles. The quantitative estimate of drug-likeness (QED) is 0.780. The van der Waals surface area contributed by atoms with Gasteiger partial charge in [-0.05, 0) is 30.9 Å². The molecule has 2 heterocycles. The van der Waals surface area contributed by atoms with Crippen molar-refractivity contribution in [1.29, 1.82) is 0 Å². The summed E-state index contributed by atoms with van der Waals surface area (Å²) < 4.78 is 0. The fourth-order valence-corrected chi connectivity index (χ4v) is 2.61. The first-order valence-corrected chi connectivity index (χ1v) is 6.01. The number of anilines is 2. The SMILES string of the molecule is O=C1CCc2cccc(N3CCCC3)c2N1. The highest BCUT2D eigenvalue weighted by atomic mass is 16.1. The summed E-state index contributed by atoms with van der Waals surface area (Å²) in [4.78, 5) is 13.8. The third-order valence-electron chi connectivity index (χ3n) is 3.46. The minimum Gasteiger partial charge on any atom is -0.370 e. The summed E-state index contributed by atoms with van der Waals surface area (Å²) in [6, 6.07) is 6.34. The molecule has 0 unspecified atom stereocenters. The molecule has 3 nitrogen and oxygen atoms in total. The summed E-state index contributed by atoms with van der Waals surface area (Å²) in [6.45, 7) is 2.23. The van der Waals surface area contributed by atoms with Crippen molar-refractivity contribution in [3.63, 3.8) is 0 Å². The van der Waals surface area contributed by atoms with Crippen LogP contribution in [0.1, 0.15) is 24.8 Å². The van der Waals surface area contributed by atoms with E-state index in [-0.39, 0.29) is 5.91 Å². The van der Waals surface area contributed by atoms with Crippen LogP contribution in [0.2, 0.25) is 0 Å². The van der Waals surface area contributed by atoms with Gasteiger partial charge in [-0.3, -0.25) is 4.79 Å². The number of hydrogen-bond donors (Lipinski definition) is 1. The Bertz CT molecular complexity index is 422. The van der Waals surface area contributed by atoms with Crippen molar-refractivity contribution in [3.05, 3.63) is 23.8 Å². The lowest BCUT2D eigenvalue weighted by Crippen LogP contribution is -2.24. The van der Waals surface area contributed by atoms with Crippen LogP contribution in [0.25, 0.3) is 0 Å². The van der Waals surface area contributed by atoms with Gasteiger partial charge in [-0.1, -0.05) is 12.1 Å². The van der Waals surface area contributed by atoms with Crippen molar-refractivity contribution < 1.29 is 4.79 Å². The second kappa shape index (κ2) is 3.81. The predicted octanol–water partition coefficient (Wildman–Crippen LogP) is 2.17. The molecule has 1 N–H and O–H groups in total. The van der Waals surface area contributed by atoms with Gasteiger partial charge >= 0.3 is 0 Å². The van der Waals surface area contributed by atoms with E-state index in [0.29, 0.717) is 6.42 Å². The standard InChI is InChI=1S/C13H16N2O/c16-12-7-6-10-4-3-5-11(13(10)14-12)15-8-1-2-9-15/h3-5H,1-2,6-9H2,(H,14,16). The van der Waals surface area contributed by atoms with Gasteiger partial charge in [0.1, 0.15) is 0 Å². The molecular formula is C13H16N2O. The lowest BCUT2D eigenvalue weighted by Gasteiger charge is -2.26. The van der Waals surface area contributed by atoms with Crippen LogP contribution < -0.4 is 10.2 Å². The van der Waals surface area contributed by atoms with Crippen LogP contribution in [0.5, 0.6) is 0 Å². The van der Waals surface area contributed by atoms with E-state index in [0.717, 1.165) is 25.2 Å². The monoisotopic (exact) mass is 216 g/mol. The average Bonchev–Trinajstić information content (AvgIpc) is 2.81. The Balaban J connectivity index is 2.01. The fraction of sp³-hybridized carbons (Fsp3) is 0.462. The molecule has 0 bridgehead atoms. The molecule has 0 aromatic heterocycles. The van der Waals surface area contributed by atoms with Gasteiger partial charge in [-0.2, -0.15) is 0 Å². The molecule has 0 aliphatic carbocycles. The number of benzene rings is 1. The number of aryl methyl sites for hydroxylation is 1. The van der Waals surface area contributed by atoms with Crippen molar-refractivity contribution in [2.24, 2.45) is 0 Å². The Morgan fingerprint density at radius 3 is 2.75 bits per heavy atom. The maximum absolute atomic E-state index is 11.5. The molecule has 0 radical (unpaired) electrons. The van der Waals surface area contributed by atoms with Gasteiger partial charge < -0.3 is 10.2 Å². The highest BCUT2D eigenvalue weighted by molar-refractivity contribution is 5.98. The summed E-state index contributed by atoms with van der Waals surface area (Å²) in [7, 11) is 0. The van der Waals surface area contributed by atoms with Crippen LogP contribution in [0.15, 0.2) is 18.2 Å². The number of nitrogens with zero attached hydrogens (tertiary/aromatic N) is 1. The van der Waals surface area contributed by atoms with Crippen LogP contribution in [0.3, 0.4) is 0 Å². The summed E-state index contributed by atoms with van der Waals surface area (Å²) in [5.74, 6) is 0.152. The number of rotatable bonds is 1. The van der Waals surface area contributed by atoms with Crippen molar-refractivity contribution in [3.8, 4) is 0 Å². The summed E-state index contributed by atoms with van der Waals surface area (Å²) in [5.41, 5.74) is 3.55. The predicted molar refractivity (Wildman–Crippen MR) is 64.8 cm³/mol. The van der Waals surface area contributed by atoms with Crippen molar-refractivity contribution >= 4 is 17.3 Å². The maximum atomic E-state index is 11.5. The second-order valence-electron chi connectivity index (χ2n) is 4.55. The molecule has 0 spiro atoms. The summed E-state index contributed by atoms with van der Waals surface area (Å²) >= 11 is 0. The zero-order chi connectivity index (χ0) is 11.0. The van der Waals surface area contributed by atoms with E-state index in [9.17, 15) is 4.79 Å². The Hall–Kier alpha value is -1.51. The van der Waals surface area contributed by atoms with Crippen LogP contribution in [-0.4, -0.2) is 19.0 Å². The molecule has 0 saturated carbocycles. The first-order valence-electron chi connectivity index (χ1n) is 6.01. The number of amides is 1. The van der Waals surface area contributed by atoms with Gasteiger partial charge in [0, 0.05) is 19.5 Å². The third-order valence-corrected chi connectivity index (χ3v) is 3.46. The molecule has 2 aliphatic heterocycles. The number of nitrogens with one attached hydrogen (secondary N) is 1. The highest BCUT2D eigenvalue weighted by Crippen LogP contribution is 2.34. The molecule has 0 atom stereocenters. The molecule has 2 aliphatic rings. The Labute approximate surface area is 95.4 Å². The number of para-hydroxylation sites is 1. The zero-order valence-corrected chi connectivity index (χ0v) is 9.33. The minimum atomic E-state index is 0.152. The van der Waals surface area contributed by atoms with Crippen LogP contribution in [0, 0.1) is 0 Å². The van der Waals surface area contributed by atoms with Crippen LogP contribution in [-0.2, 0) is 11.2 Å². The van der Waals surface area contributed by atoms with Crippen LogP contribution in [0.4, 0.5) is 11.4 Å². The Morgan fingerprint density at radius 1 is 1.12 bits per heavy atom. The lowest BCUT2D eigenvalue weighted by molar-refractivity contribution is -0.116. The van der Waals surface area contributed by atoms with Gasteiger partial charge in [0.15, 0.2) is 0 Å². The normalized spacial score (nSPS) is 19.5. The van der Waals surface area contributed by atoms with E-state index in [1.807, 2.05) is 0 Å². The largest absolute Gasteiger partial charge is 0.370 e. The number of hydrogen-bond acceptors (Lipinski definition) is 2. The summed E-state index contributed by atoms with van der Waals surface area (Å²) in [6.07, 6.45) is 4.02. The molecule has 1 fully saturated rings. The molecule has 84 valence electrons. The first kappa shape index (κ1) is 9.70. The van der Waals surface area contributed by atoms with E-state index in [1.54, 1.807) is 0 Å². The molecule has 3 rings (SSSR count). The first-order chi connectivity index (χ1) is 7.84. The van der Waals surface area contributed by atoms with Gasteiger partial charge in [-0.15, -0.1) is 0 Å². The van der Waals surface area contributed by atoms with Crippen molar-refractivity contribution in [1.82, 2.24) is 0 Å². The minimum absolute atomic E-state index is 0.152. The van der Waals surface area contributed by atoms with E-state index >= 15 is 0 Å². The summed E-state index contributed by atoms with van der Waals surface area (Å²) in [5, 5.41) is 3.02. The van der Waals surface area contributed by atoms with Gasteiger partial charge in [-0.25, -0.2) is 0 Å². The van der Waals surface area contributed by atoms with Gasteiger partial charge in [0.05, 0.1) is 11.4 Å². The number of carbonyl (C=O) groups excluding carboxylic acids is 1. The van der Waals surface area contributed by atoms with Gasteiger partial charge in [0.2, 0.25) is 5.91 Å². The average molecular weight is 216 g/mol. The number of carbonyl (C=O) groups is 1. The molecular weight excluding hydrogens is 200 g/mol. The molecule has 16 heavy (non-hydrogen) atoms. The van der Waals surface area contributed by atoms with Gasteiger partial charge in [0.25, 0.3) is 0 Å². The van der Waals surface area contributed by atoms with E-state index in [1.165, 1.54) is 24.1 Å². The second-order valence-corrected chi connectivity index (χ2v) is 4.55. The van der Waals surface area contributed by atoms with E-state index < -0.39 is 0 Å². The lowest BCUT2D eigenvalue weighted by atomic mass is 10.0. The van der Waals surface area contributed by atoms with Crippen molar-refractivity contribution in [2.75, 3.05) is 23.3 Å². The molecule has 3 heteroatoms. The van der Waals surface area contributed by atoms with E-state index in [4.69, 9.17) is 0 Å². The highest BCUT2D eigenvalue weighted by Gasteiger charge is 2.21. The molecule has 1 aromatic rings. The fourth-order valence-electron chi connectivity index (χ4n) is 2.61. The maximum Gasteiger partial charge on any atom is 0.224 e. The van der Waals surface area contributed by atoms with Crippen molar-refractivity contribution in [2.45, 2.75) is 25.7 Å². The van der Waals surface area contributed by atoms with Crippen LogP contribution >= 0.6 is 0 Å². The molecule has 1 aromatic carbocycles.